The van der Waals surface area contributed by atoms with Crippen molar-refractivity contribution in [3.8, 4) is 0 Å². The number of carbonyl (C=O) groups is 1. The standard InChI is InChI=1S/C19H30N2O2/c1-19(2,3)23-18(22)20-16-12-11-15(13-17(16)21(4)5)14-9-7-6-8-10-14/h6-10,15-17H,11-13H2,1-5H3,(H,20,22)/t15-,16-,17-/m0/s1. The highest BCUT2D eigenvalue weighted by Gasteiger charge is 2.34. The third-order valence-electron chi connectivity index (χ3n) is 4.45. The fraction of sp³-hybridized carbons (Fsp3) is 0.632. The molecule has 0 aliphatic heterocycles. The zero-order chi connectivity index (χ0) is 17.0. The zero-order valence-corrected chi connectivity index (χ0v) is 15.0. The average molecular weight is 318 g/mol. The minimum atomic E-state index is -0.459. The van der Waals surface area contributed by atoms with E-state index in [1.165, 1.54) is 5.56 Å². The summed E-state index contributed by atoms with van der Waals surface area (Å²) in [6, 6.07) is 11.1. The van der Waals surface area contributed by atoms with Crippen LogP contribution in [-0.4, -0.2) is 42.8 Å². The van der Waals surface area contributed by atoms with Gasteiger partial charge in [0.25, 0.3) is 0 Å². The molecule has 1 aromatic carbocycles. The number of ether oxygens (including phenoxy) is 1. The van der Waals surface area contributed by atoms with E-state index in [-0.39, 0.29) is 12.1 Å². The summed E-state index contributed by atoms with van der Waals surface area (Å²) in [6.45, 7) is 5.67. The molecule has 0 radical (unpaired) electrons. The molecule has 0 spiro atoms. The summed E-state index contributed by atoms with van der Waals surface area (Å²) in [5.41, 5.74) is 0.939. The lowest BCUT2D eigenvalue weighted by molar-refractivity contribution is 0.0445. The molecule has 2 rings (SSSR count). The Morgan fingerprint density at radius 3 is 2.39 bits per heavy atom. The predicted molar refractivity (Wildman–Crippen MR) is 93.7 cm³/mol. The maximum atomic E-state index is 12.1. The van der Waals surface area contributed by atoms with Gasteiger partial charge in [-0.15, -0.1) is 0 Å². The summed E-state index contributed by atoms with van der Waals surface area (Å²) >= 11 is 0. The summed E-state index contributed by atoms with van der Waals surface area (Å²) in [7, 11) is 4.17. The van der Waals surface area contributed by atoms with Crippen molar-refractivity contribution in [1.82, 2.24) is 10.2 Å². The Hall–Kier alpha value is -1.55. The van der Waals surface area contributed by atoms with Crippen LogP contribution in [0.2, 0.25) is 0 Å². The predicted octanol–water partition coefficient (Wildman–Crippen LogP) is 3.78. The monoisotopic (exact) mass is 318 g/mol. The smallest absolute Gasteiger partial charge is 0.407 e. The molecule has 128 valence electrons. The Labute approximate surface area is 140 Å². The van der Waals surface area contributed by atoms with Gasteiger partial charge in [0.1, 0.15) is 5.60 Å². The molecule has 1 aliphatic carbocycles. The van der Waals surface area contributed by atoms with Gasteiger partial charge >= 0.3 is 6.09 Å². The molecule has 4 nitrogen and oxygen atoms in total. The second-order valence-electron chi connectivity index (χ2n) is 7.70. The fourth-order valence-corrected chi connectivity index (χ4v) is 3.37. The number of alkyl carbamates (subject to hydrolysis) is 1. The molecule has 0 bridgehead atoms. The van der Waals surface area contributed by atoms with Crippen molar-refractivity contribution in [2.24, 2.45) is 0 Å². The van der Waals surface area contributed by atoms with E-state index in [4.69, 9.17) is 4.74 Å². The highest BCUT2D eigenvalue weighted by molar-refractivity contribution is 5.68. The topological polar surface area (TPSA) is 41.6 Å². The van der Waals surface area contributed by atoms with Crippen LogP contribution in [-0.2, 0) is 4.74 Å². The highest BCUT2D eigenvalue weighted by Crippen LogP contribution is 2.34. The molecule has 0 unspecified atom stereocenters. The first-order chi connectivity index (χ1) is 10.8. The van der Waals surface area contributed by atoms with Crippen LogP contribution in [0.3, 0.4) is 0 Å². The van der Waals surface area contributed by atoms with Crippen molar-refractivity contribution >= 4 is 6.09 Å². The maximum absolute atomic E-state index is 12.1. The Kier molecular flexibility index (Phi) is 5.69. The number of amides is 1. The van der Waals surface area contributed by atoms with Crippen molar-refractivity contribution < 1.29 is 9.53 Å². The number of hydrogen-bond acceptors (Lipinski definition) is 3. The Morgan fingerprint density at radius 1 is 1.17 bits per heavy atom. The first-order valence-electron chi connectivity index (χ1n) is 8.47. The number of benzene rings is 1. The van der Waals surface area contributed by atoms with Crippen LogP contribution >= 0.6 is 0 Å². The molecule has 1 amide bonds. The van der Waals surface area contributed by atoms with E-state index in [0.717, 1.165) is 19.3 Å². The lowest BCUT2D eigenvalue weighted by atomic mass is 9.78. The molecule has 23 heavy (non-hydrogen) atoms. The fourth-order valence-electron chi connectivity index (χ4n) is 3.37. The van der Waals surface area contributed by atoms with Gasteiger partial charge < -0.3 is 15.0 Å². The molecule has 1 saturated carbocycles. The number of carbonyl (C=O) groups excluding carboxylic acids is 1. The minimum Gasteiger partial charge on any atom is -0.444 e. The number of hydrogen-bond donors (Lipinski definition) is 1. The summed E-state index contributed by atoms with van der Waals surface area (Å²) in [5.74, 6) is 0.556. The van der Waals surface area contributed by atoms with Gasteiger partial charge in [-0.05, 0) is 65.6 Å². The summed E-state index contributed by atoms with van der Waals surface area (Å²) < 4.78 is 5.41. The van der Waals surface area contributed by atoms with Crippen molar-refractivity contribution in [1.29, 1.82) is 0 Å². The van der Waals surface area contributed by atoms with Crippen molar-refractivity contribution in [3.05, 3.63) is 35.9 Å². The SMILES string of the molecule is CN(C)[C@H]1C[C@@H](c2ccccc2)CC[C@@H]1NC(=O)OC(C)(C)C. The van der Waals surface area contributed by atoms with E-state index in [1.54, 1.807) is 0 Å². The molecule has 1 aliphatic rings. The average Bonchev–Trinajstić information content (AvgIpc) is 2.46. The van der Waals surface area contributed by atoms with Crippen LogP contribution in [0.5, 0.6) is 0 Å². The van der Waals surface area contributed by atoms with E-state index in [1.807, 2.05) is 20.8 Å². The van der Waals surface area contributed by atoms with Crippen LogP contribution in [0.15, 0.2) is 30.3 Å². The molecule has 0 heterocycles. The van der Waals surface area contributed by atoms with Gasteiger partial charge in [-0.1, -0.05) is 30.3 Å². The molecule has 4 heteroatoms. The molecular weight excluding hydrogens is 288 g/mol. The highest BCUT2D eigenvalue weighted by atomic mass is 16.6. The molecular formula is C19H30N2O2. The van der Waals surface area contributed by atoms with Crippen LogP contribution in [0, 0.1) is 0 Å². The van der Waals surface area contributed by atoms with Gasteiger partial charge in [-0.3, -0.25) is 0 Å². The van der Waals surface area contributed by atoms with Gasteiger partial charge in [0, 0.05) is 12.1 Å². The second kappa shape index (κ2) is 7.35. The normalized spacial score (nSPS) is 25.2. The van der Waals surface area contributed by atoms with E-state index in [0.29, 0.717) is 12.0 Å². The van der Waals surface area contributed by atoms with Gasteiger partial charge in [-0.25, -0.2) is 4.79 Å². The van der Waals surface area contributed by atoms with Gasteiger partial charge in [0.05, 0.1) is 0 Å². The quantitative estimate of drug-likeness (QED) is 0.922. The van der Waals surface area contributed by atoms with E-state index in [2.05, 4.69) is 54.6 Å². The molecule has 0 saturated heterocycles. The van der Waals surface area contributed by atoms with E-state index < -0.39 is 5.60 Å². The first-order valence-corrected chi connectivity index (χ1v) is 8.47. The Morgan fingerprint density at radius 2 is 1.83 bits per heavy atom. The van der Waals surface area contributed by atoms with Crippen molar-refractivity contribution in [3.63, 3.8) is 0 Å². The van der Waals surface area contributed by atoms with Crippen LogP contribution in [0.1, 0.15) is 51.5 Å². The molecule has 0 aromatic heterocycles. The Bertz CT molecular complexity index is 508. The lowest BCUT2D eigenvalue weighted by Gasteiger charge is -2.40. The number of rotatable bonds is 3. The molecule has 1 N–H and O–H groups in total. The van der Waals surface area contributed by atoms with Crippen LogP contribution in [0.25, 0.3) is 0 Å². The van der Waals surface area contributed by atoms with E-state index in [9.17, 15) is 4.79 Å². The van der Waals surface area contributed by atoms with Gasteiger partial charge in [0.15, 0.2) is 0 Å². The lowest BCUT2D eigenvalue weighted by Crippen LogP contribution is -2.53. The van der Waals surface area contributed by atoms with Crippen LogP contribution in [0.4, 0.5) is 4.79 Å². The maximum Gasteiger partial charge on any atom is 0.407 e. The largest absolute Gasteiger partial charge is 0.444 e. The Balaban J connectivity index is 2.01. The van der Waals surface area contributed by atoms with Gasteiger partial charge in [0.2, 0.25) is 0 Å². The first kappa shape index (κ1) is 17.8. The molecule has 1 aromatic rings. The third kappa shape index (κ3) is 5.24. The van der Waals surface area contributed by atoms with Crippen molar-refractivity contribution in [2.75, 3.05) is 14.1 Å². The number of nitrogens with one attached hydrogen (secondary N) is 1. The van der Waals surface area contributed by atoms with E-state index >= 15 is 0 Å². The third-order valence-corrected chi connectivity index (χ3v) is 4.45. The summed E-state index contributed by atoms with van der Waals surface area (Å²) in [5, 5.41) is 3.08. The molecule has 3 atom stereocenters. The number of likely N-dealkylation sites (N-methyl/N-ethyl adjacent to an activating group) is 1. The second-order valence-corrected chi connectivity index (χ2v) is 7.70. The number of nitrogens with zero attached hydrogens (tertiary/aromatic N) is 1. The van der Waals surface area contributed by atoms with Gasteiger partial charge in [-0.2, -0.15) is 0 Å². The minimum absolute atomic E-state index is 0.139. The van der Waals surface area contributed by atoms with Crippen molar-refractivity contribution in [2.45, 2.75) is 63.6 Å². The summed E-state index contributed by atoms with van der Waals surface area (Å²) in [6.07, 6.45) is 2.81. The molecule has 1 fully saturated rings. The zero-order valence-electron chi connectivity index (χ0n) is 15.0. The van der Waals surface area contributed by atoms with Crippen LogP contribution < -0.4 is 5.32 Å². The summed E-state index contributed by atoms with van der Waals surface area (Å²) in [4.78, 5) is 14.3.